The maximum absolute atomic E-state index is 12.5. The fraction of sp³-hybridized carbons (Fsp3) is 0.341. The normalized spacial score (nSPS) is 18.0. The number of carbonyl (C=O) groups excluding carboxylic acids is 5. The number of nitrogens with zero attached hydrogens (tertiary/aromatic N) is 3. The van der Waals surface area contributed by atoms with Gasteiger partial charge in [-0.3, -0.25) is 44.1 Å². The van der Waals surface area contributed by atoms with Crippen molar-refractivity contribution in [3.63, 3.8) is 0 Å². The Balaban J connectivity index is 0.000000211. The predicted molar refractivity (Wildman–Crippen MR) is 232 cm³/mol. The molecule has 328 valence electrons. The number of carbonyl (C=O) groups is 5. The maximum atomic E-state index is 12.5. The van der Waals surface area contributed by atoms with E-state index in [4.69, 9.17) is 25.0 Å². The van der Waals surface area contributed by atoms with Gasteiger partial charge in [0, 0.05) is 39.8 Å². The first-order valence-electron chi connectivity index (χ1n) is 19.4. The van der Waals surface area contributed by atoms with Crippen LogP contribution in [-0.2, 0) is 33.3 Å². The first-order valence-corrected chi connectivity index (χ1v) is 23.1. The van der Waals surface area contributed by atoms with Crippen LogP contribution < -0.4 is 20.4 Å². The smallest absolute Gasteiger partial charge is 0.414 e. The number of hydrogen-bond donors (Lipinski definition) is 4. The number of piperidine rings is 1. The fourth-order valence-corrected chi connectivity index (χ4v) is 8.34. The van der Waals surface area contributed by atoms with Crippen LogP contribution in [0.25, 0.3) is 0 Å². The van der Waals surface area contributed by atoms with Crippen LogP contribution in [0.5, 0.6) is 0 Å². The monoisotopic (exact) mass is 907 g/mol. The third kappa shape index (κ3) is 12.3. The van der Waals surface area contributed by atoms with E-state index in [0.29, 0.717) is 53.3 Å². The van der Waals surface area contributed by atoms with Crippen molar-refractivity contribution in [1.29, 1.82) is 10.8 Å². The van der Waals surface area contributed by atoms with Crippen LogP contribution in [0, 0.1) is 16.7 Å². The number of hydrogen-bond acceptors (Lipinski definition) is 16. The molecule has 5 heterocycles. The van der Waals surface area contributed by atoms with E-state index >= 15 is 0 Å². The minimum atomic E-state index is -3.62. The van der Waals surface area contributed by atoms with Crippen molar-refractivity contribution in [2.45, 2.75) is 32.0 Å². The number of thiophene rings is 2. The first-order chi connectivity index (χ1) is 29.7. The van der Waals surface area contributed by atoms with Crippen molar-refractivity contribution in [2.24, 2.45) is 5.92 Å². The molecular formula is C41H45N7O11S3. The van der Waals surface area contributed by atoms with E-state index in [0.717, 1.165) is 32.2 Å². The predicted octanol–water partition coefficient (Wildman–Crippen LogP) is 4.91. The molecule has 0 bridgehead atoms. The molecule has 2 unspecified atom stereocenters. The molecule has 2 atom stereocenters. The summed E-state index contributed by atoms with van der Waals surface area (Å²) in [6, 6.07) is 16.7. The van der Waals surface area contributed by atoms with Crippen LogP contribution in [-0.4, -0.2) is 119 Å². The average Bonchev–Trinajstić information content (AvgIpc) is 4.10. The lowest BCUT2D eigenvalue weighted by Crippen LogP contribution is -2.41. The van der Waals surface area contributed by atoms with E-state index < -0.39 is 28.4 Å². The lowest BCUT2D eigenvalue weighted by molar-refractivity contribution is -0.149. The molecule has 4 aromatic rings. The van der Waals surface area contributed by atoms with Crippen molar-refractivity contribution >= 4 is 85.8 Å². The molecule has 2 aromatic heterocycles. The molecule has 0 spiro atoms. The fourth-order valence-electron chi connectivity index (χ4n) is 6.66. The summed E-state index contributed by atoms with van der Waals surface area (Å²) in [5, 5.41) is 28.3. The lowest BCUT2D eigenvalue weighted by atomic mass is 9.97. The molecule has 3 fully saturated rings. The average molecular weight is 908 g/mol. The Bertz CT molecular complexity index is 2350. The SMILES string of the molecule is CCOC(=O)C1CCN(CC2CN(c3ccc(C(=N)NC(=O)c4ccsc4)cc3)C(=O)O2)CC1.CS(=O)(=O)OCC1CN(c2ccc(C(=N)NC(=O)c3ccsc3)cc2)C(=O)O1. The molecule has 3 aliphatic heterocycles. The molecule has 62 heavy (non-hydrogen) atoms. The zero-order chi connectivity index (χ0) is 44.4. The van der Waals surface area contributed by atoms with Gasteiger partial charge in [0.05, 0.1) is 43.0 Å². The molecule has 18 nitrogen and oxygen atoms in total. The second kappa shape index (κ2) is 20.7. The highest BCUT2D eigenvalue weighted by atomic mass is 32.2. The van der Waals surface area contributed by atoms with E-state index in [9.17, 15) is 32.4 Å². The van der Waals surface area contributed by atoms with Crippen LogP contribution >= 0.6 is 22.7 Å². The van der Waals surface area contributed by atoms with Crippen molar-refractivity contribution in [3.05, 3.63) is 104 Å². The van der Waals surface area contributed by atoms with E-state index in [-0.39, 0.29) is 54.6 Å². The topological polar surface area (TPSA) is 238 Å². The number of esters is 1. The Hall–Kier alpha value is -6.00. The minimum Gasteiger partial charge on any atom is -0.466 e. The Morgan fingerprint density at radius 1 is 0.742 bits per heavy atom. The Morgan fingerprint density at radius 3 is 1.65 bits per heavy atom. The quantitative estimate of drug-likeness (QED) is 0.0461. The second-order valence-electron chi connectivity index (χ2n) is 14.3. The molecular weight excluding hydrogens is 863 g/mol. The minimum absolute atomic E-state index is 0.00385. The lowest BCUT2D eigenvalue weighted by Gasteiger charge is -2.31. The Morgan fingerprint density at radius 2 is 1.21 bits per heavy atom. The first kappa shape index (κ1) is 45.5. The summed E-state index contributed by atoms with van der Waals surface area (Å²) in [7, 11) is -3.62. The van der Waals surface area contributed by atoms with Crippen molar-refractivity contribution in [2.75, 3.05) is 62.0 Å². The highest BCUT2D eigenvalue weighted by molar-refractivity contribution is 7.86. The van der Waals surface area contributed by atoms with Gasteiger partial charge in [-0.15, -0.1) is 0 Å². The summed E-state index contributed by atoms with van der Waals surface area (Å²) < 4.78 is 42.5. The van der Waals surface area contributed by atoms with Gasteiger partial charge in [-0.25, -0.2) is 9.59 Å². The third-order valence-corrected chi connectivity index (χ3v) is 11.8. The Kier molecular flexibility index (Phi) is 15.2. The molecule has 21 heteroatoms. The van der Waals surface area contributed by atoms with Crippen LogP contribution in [0.3, 0.4) is 0 Å². The number of cyclic esters (lactones) is 2. The number of benzene rings is 2. The largest absolute Gasteiger partial charge is 0.466 e. The zero-order valence-corrected chi connectivity index (χ0v) is 36.2. The van der Waals surface area contributed by atoms with E-state index in [1.807, 2.05) is 6.92 Å². The van der Waals surface area contributed by atoms with E-state index in [1.165, 1.54) is 27.6 Å². The van der Waals surface area contributed by atoms with Crippen molar-refractivity contribution in [1.82, 2.24) is 15.5 Å². The van der Waals surface area contributed by atoms with Gasteiger partial charge < -0.3 is 24.8 Å². The van der Waals surface area contributed by atoms with E-state index in [1.54, 1.807) is 87.1 Å². The van der Waals surface area contributed by atoms with Gasteiger partial charge in [-0.1, -0.05) is 0 Å². The number of amidine groups is 2. The number of likely N-dealkylation sites (tertiary alicyclic amines) is 1. The van der Waals surface area contributed by atoms with Crippen LogP contribution in [0.4, 0.5) is 21.0 Å². The summed E-state index contributed by atoms with van der Waals surface area (Å²) >= 11 is 2.81. The summed E-state index contributed by atoms with van der Waals surface area (Å²) in [4.78, 5) is 65.7. The van der Waals surface area contributed by atoms with Crippen molar-refractivity contribution in [3.8, 4) is 0 Å². The molecule has 7 rings (SSSR count). The van der Waals surface area contributed by atoms with Crippen LogP contribution in [0.1, 0.15) is 51.6 Å². The number of anilines is 2. The van der Waals surface area contributed by atoms with Crippen molar-refractivity contribution < 1.29 is 50.8 Å². The standard InChI is InChI=1S/C24H28N4O5S.C17H17N3O6S2/c1-2-32-23(30)17-7-10-27(11-8-17)13-20-14-28(24(31)33-20)19-5-3-16(4-6-19)21(25)26-22(29)18-9-12-34-15-18;1-28(23,24)25-9-14-8-20(17(22)26-14)13-4-2-11(3-5-13)15(18)19-16(21)12-6-7-27-10-12/h3-6,9,12,15,17,20H,2,7-8,10-11,13-14H2,1H3,(H2,25,26,29);2-7,10,14H,8-9H2,1H3,(H2,18,19,21). The number of amides is 4. The second-order valence-corrected chi connectivity index (χ2v) is 17.5. The van der Waals surface area contributed by atoms with Gasteiger partial charge in [-0.05, 0) is 104 Å². The molecule has 4 N–H and O–H groups in total. The summed E-state index contributed by atoms with van der Waals surface area (Å²) in [6.07, 6.45) is 0.446. The van der Waals surface area contributed by atoms with Gasteiger partial charge in [0.2, 0.25) is 0 Å². The summed E-state index contributed by atoms with van der Waals surface area (Å²) in [5.41, 5.74) is 3.20. The molecule has 2 aromatic carbocycles. The highest BCUT2D eigenvalue weighted by Crippen LogP contribution is 2.26. The maximum Gasteiger partial charge on any atom is 0.414 e. The molecule has 3 saturated heterocycles. The van der Waals surface area contributed by atoms with Crippen LogP contribution in [0.15, 0.2) is 82.2 Å². The number of rotatable bonds is 13. The molecule has 4 amide bonds. The number of nitrogens with one attached hydrogen (secondary N) is 4. The van der Waals surface area contributed by atoms with Crippen LogP contribution in [0.2, 0.25) is 0 Å². The summed E-state index contributed by atoms with van der Waals surface area (Å²) in [5.74, 6) is -0.934. The van der Waals surface area contributed by atoms with E-state index in [2.05, 4.69) is 19.7 Å². The highest BCUT2D eigenvalue weighted by Gasteiger charge is 2.36. The Labute approximate surface area is 365 Å². The molecule has 0 aliphatic carbocycles. The molecule has 0 saturated carbocycles. The summed E-state index contributed by atoms with van der Waals surface area (Å²) in [6.45, 7) is 4.70. The molecule has 3 aliphatic rings. The number of ether oxygens (including phenoxy) is 3. The van der Waals surface area contributed by atoms with Gasteiger partial charge in [0.25, 0.3) is 21.9 Å². The zero-order valence-electron chi connectivity index (χ0n) is 33.7. The van der Waals surface area contributed by atoms with Gasteiger partial charge in [-0.2, -0.15) is 31.1 Å². The van der Waals surface area contributed by atoms with Gasteiger partial charge in [0.15, 0.2) is 0 Å². The van der Waals surface area contributed by atoms with Gasteiger partial charge >= 0.3 is 18.2 Å². The van der Waals surface area contributed by atoms with Gasteiger partial charge in [0.1, 0.15) is 30.5 Å². The molecule has 0 radical (unpaired) electrons. The third-order valence-electron chi connectivity index (χ3n) is 9.86.